The van der Waals surface area contributed by atoms with Crippen LogP contribution in [0.5, 0.6) is 0 Å². The molecule has 0 spiro atoms. The number of imidazole rings is 1. The Hall–Kier alpha value is -4.29. The molecule has 1 saturated heterocycles. The van der Waals surface area contributed by atoms with Crippen molar-refractivity contribution in [1.29, 1.82) is 0 Å². The molecule has 0 bridgehead atoms. The first kappa shape index (κ1) is 23.0. The summed E-state index contributed by atoms with van der Waals surface area (Å²) in [5.74, 6) is -1.66. The predicted molar refractivity (Wildman–Crippen MR) is 89.6 cm³/mol. The summed E-state index contributed by atoms with van der Waals surface area (Å²) in [5.41, 5.74) is -0.832. The van der Waals surface area contributed by atoms with Crippen molar-refractivity contribution >= 4 is 11.8 Å². The number of rotatable bonds is 10. The molecule has 31 heavy (non-hydrogen) atoms. The summed E-state index contributed by atoms with van der Waals surface area (Å²) in [6, 6.07) is 0. The van der Waals surface area contributed by atoms with Crippen LogP contribution in [0.2, 0.25) is 0 Å². The van der Waals surface area contributed by atoms with Crippen molar-refractivity contribution in [2.45, 2.75) is 24.5 Å². The Balaban J connectivity index is 2.55. The lowest BCUT2D eigenvalue weighted by Gasteiger charge is -2.22. The number of hydrogen-bond acceptors (Lipinski definition) is 13. The van der Waals surface area contributed by atoms with E-state index < -0.39 is 69.6 Å². The van der Waals surface area contributed by atoms with E-state index in [1.165, 1.54) is 14.1 Å². The second-order valence-corrected chi connectivity index (χ2v) is 5.68. The zero-order valence-electron chi connectivity index (χ0n) is 15.7. The third kappa shape index (κ3) is 5.01. The van der Waals surface area contributed by atoms with E-state index in [0.29, 0.717) is 0 Å². The highest BCUT2D eigenvalue weighted by atomic mass is 17.0. The van der Waals surface area contributed by atoms with Gasteiger partial charge in [-0.1, -0.05) is 0 Å². The summed E-state index contributed by atoms with van der Waals surface area (Å²) in [7, 11) is 2.48. The van der Waals surface area contributed by atoms with Gasteiger partial charge in [0.25, 0.3) is 27.1 Å². The van der Waals surface area contributed by atoms with Crippen LogP contribution in [0.15, 0.2) is 6.33 Å². The maximum Gasteiger partial charge on any atom is 0.295 e. The topological polar surface area (TPSA) is 242 Å². The molecule has 1 fully saturated rings. The lowest BCUT2D eigenvalue weighted by Crippen LogP contribution is -2.41. The number of carbonyl (C=O) groups excluding carboxylic acids is 2. The van der Waals surface area contributed by atoms with E-state index in [1.54, 1.807) is 0 Å². The van der Waals surface area contributed by atoms with E-state index in [-0.39, 0.29) is 0 Å². The summed E-state index contributed by atoms with van der Waals surface area (Å²) < 4.78 is 6.26. The van der Waals surface area contributed by atoms with Crippen molar-refractivity contribution in [2.24, 2.45) is 0 Å². The lowest BCUT2D eigenvalue weighted by molar-refractivity contribution is -0.799. The Morgan fingerprint density at radius 3 is 2.16 bits per heavy atom. The molecule has 0 aromatic carbocycles. The molecule has 1 aliphatic heterocycles. The molecule has 0 radical (unpaired) electrons. The Labute approximate surface area is 170 Å². The minimum absolute atomic E-state index is 0.401. The van der Waals surface area contributed by atoms with Gasteiger partial charge in [0.1, 0.15) is 18.4 Å². The van der Waals surface area contributed by atoms with Gasteiger partial charge in [-0.25, -0.2) is 4.98 Å². The van der Waals surface area contributed by atoms with Gasteiger partial charge in [-0.3, -0.25) is 14.2 Å². The summed E-state index contributed by atoms with van der Waals surface area (Å²) >= 11 is 0. The van der Waals surface area contributed by atoms with E-state index in [1.807, 2.05) is 0 Å². The summed E-state index contributed by atoms with van der Waals surface area (Å²) in [5, 5.41) is 33.0. The lowest BCUT2D eigenvalue weighted by atomic mass is 10.1. The molecule has 19 heteroatoms. The van der Waals surface area contributed by atoms with Crippen LogP contribution >= 0.6 is 0 Å². The third-order valence-corrected chi connectivity index (χ3v) is 4.00. The maximum absolute atomic E-state index is 12.3. The smallest absolute Gasteiger partial charge is 0.295 e. The first-order valence-corrected chi connectivity index (χ1v) is 8.16. The third-order valence-electron chi connectivity index (χ3n) is 4.00. The van der Waals surface area contributed by atoms with E-state index in [4.69, 9.17) is 4.74 Å². The second kappa shape index (κ2) is 9.47. The van der Waals surface area contributed by atoms with Crippen molar-refractivity contribution in [3.63, 3.8) is 0 Å². The van der Waals surface area contributed by atoms with E-state index in [0.717, 1.165) is 10.9 Å². The quantitative estimate of drug-likeness (QED) is 0.286. The van der Waals surface area contributed by atoms with E-state index in [9.17, 15) is 39.9 Å². The highest BCUT2D eigenvalue weighted by Crippen LogP contribution is 2.35. The highest BCUT2D eigenvalue weighted by molar-refractivity contribution is 6.04. The standard InChI is InChI=1S/C12H15N7O12/c1-13-10(20)6-7(11(21)14-2)16(4-15-6)12-9(31-19(26)27)8(30-18(24)25)5(29-12)3-28-17(22)23/h4-5,8-9,12H,3H2,1-2H3,(H,13,20)(H,14,21)/t5-,8-,9-,12-/m1/s1. The highest BCUT2D eigenvalue weighted by Gasteiger charge is 2.52. The molecular formula is C12H15N7O12. The average molecular weight is 449 g/mol. The Bertz CT molecular complexity index is 887. The van der Waals surface area contributed by atoms with Gasteiger partial charge in [-0.2, -0.15) is 0 Å². The van der Waals surface area contributed by atoms with E-state index >= 15 is 0 Å². The summed E-state index contributed by atoms with van der Waals surface area (Å²) in [6.07, 6.45) is -6.21. The summed E-state index contributed by atoms with van der Waals surface area (Å²) in [6.45, 7) is -0.925. The van der Waals surface area contributed by atoms with Crippen molar-refractivity contribution in [3.05, 3.63) is 48.1 Å². The monoisotopic (exact) mass is 449 g/mol. The predicted octanol–water partition coefficient (Wildman–Crippen LogP) is -2.14. The molecule has 1 aromatic heterocycles. The fourth-order valence-electron chi connectivity index (χ4n) is 2.82. The van der Waals surface area contributed by atoms with Gasteiger partial charge in [-0.05, 0) is 0 Å². The molecule has 1 aliphatic rings. The molecule has 170 valence electrons. The molecule has 2 rings (SSSR count). The Kier molecular flexibility index (Phi) is 7.03. The number of hydrogen-bond donors (Lipinski definition) is 2. The van der Waals surface area contributed by atoms with Crippen LogP contribution in [-0.4, -0.2) is 75.6 Å². The van der Waals surface area contributed by atoms with Crippen molar-refractivity contribution in [1.82, 2.24) is 20.2 Å². The van der Waals surface area contributed by atoms with Crippen molar-refractivity contribution in [2.75, 3.05) is 20.7 Å². The van der Waals surface area contributed by atoms with E-state index in [2.05, 4.69) is 30.1 Å². The SMILES string of the molecule is CNC(=O)c1ncn([C@@H]2O[C@H](CO[N+](=O)[O-])[C@@H](O[N+](=O)[O-])[C@H]2O[N+](=O)[O-])c1C(=O)NC. The van der Waals surface area contributed by atoms with Gasteiger partial charge in [-0.15, -0.1) is 30.3 Å². The van der Waals surface area contributed by atoms with Crippen LogP contribution in [0.3, 0.4) is 0 Å². The molecule has 0 saturated carbocycles. The molecule has 19 nitrogen and oxygen atoms in total. The number of nitrogens with one attached hydrogen (secondary N) is 2. The number of ether oxygens (including phenoxy) is 1. The van der Waals surface area contributed by atoms with Gasteiger partial charge >= 0.3 is 0 Å². The van der Waals surface area contributed by atoms with Gasteiger partial charge < -0.3 is 29.9 Å². The van der Waals surface area contributed by atoms with Crippen LogP contribution < -0.4 is 10.6 Å². The number of amides is 2. The molecule has 2 amide bonds. The first-order chi connectivity index (χ1) is 14.6. The van der Waals surface area contributed by atoms with Crippen LogP contribution in [0.25, 0.3) is 0 Å². The largest absolute Gasteiger partial charge is 0.354 e. The maximum atomic E-state index is 12.3. The second-order valence-electron chi connectivity index (χ2n) is 5.68. The van der Waals surface area contributed by atoms with Crippen molar-refractivity contribution in [3.8, 4) is 0 Å². The average Bonchev–Trinajstić information content (AvgIpc) is 3.26. The molecular weight excluding hydrogens is 434 g/mol. The molecule has 1 aromatic rings. The van der Waals surface area contributed by atoms with Gasteiger partial charge in [0.05, 0.1) is 6.33 Å². The molecule has 4 atom stereocenters. The Morgan fingerprint density at radius 2 is 1.65 bits per heavy atom. The normalized spacial score (nSPS) is 22.3. The minimum Gasteiger partial charge on any atom is -0.354 e. The summed E-state index contributed by atoms with van der Waals surface area (Å²) in [4.78, 5) is 73.4. The molecule has 2 N–H and O–H groups in total. The van der Waals surface area contributed by atoms with Crippen LogP contribution in [-0.2, 0) is 19.2 Å². The van der Waals surface area contributed by atoms with Gasteiger partial charge in [0.15, 0.2) is 24.1 Å². The van der Waals surface area contributed by atoms with Crippen LogP contribution in [0.4, 0.5) is 0 Å². The van der Waals surface area contributed by atoms with Crippen LogP contribution in [0, 0.1) is 30.3 Å². The molecule has 2 heterocycles. The van der Waals surface area contributed by atoms with Gasteiger partial charge in [0.2, 0.25) is 0 Å². The fraction of sp³-hybridized carbons (Fsp3) is 0.583. The fourth-order valence-corrected chi connectivity index (χ4v) is 2.82. The Morgan fingerprint density at radius 1 is 1.06 bits per heavy atom. The molecule has 0 unspecified atom stereocenters. The number of nitrogens with zero attached hydrogens (tertiary/aromatic N) is 5. The number of carbonyl (C=O) groups is 2. The zero-order valence-corrected chi connectivity index (χ0v) is 15.7. The zero-order chi connectivity index (χ0) is 23.3. The van der Waals surface area contributed by atoms with Crippen molar-refractivity contribution < 1.29 is 44.1 Å². The number of aromatic nitrogens is 2. The first-order valence-electron chi connectivity index (χ1n) is 8.16. The molecule has 0 aliphatic carbocycles. The minimum atomic E-state index is -1.91. The van der Waals surface area contributed by atoms with Gasteiger partial charge in [0, 0.05) is 14.1 Å². The van der Waals surface area contributed by atoms with Crippen LogP contribution in [0.1, 0.15) is 27.2 Å².